The number of nitrogens with one attached hydrogen (secondary N) is 1. The van der Waals surface area contributed by atoms with Gasteiger partial charge in [0.25, 0.3) is 0 Å². The molecule has 2 heterocycles. The maximum atomic E-state index is 13.3. The van der Waals surface area contributed by atoms with Crippen LogP contribution in [0, 0.1) is 0 Å². The van der Waals surface area contributed by atoms with Gasteiger partial charge in [-0.05, 0) is 43.7 Å². The quantitative estimate of drug-likeness (QED) is 0.405. The van der Waals surface area contributed by atoms with E-state index in [0.717, 1.165) is 5.56 Å². The Bertz CT molecular complexity index is 1380. The lowest BCUT2D eigenvalue weighted by atomic mass is 9.92. The molecule has 0 saturated carbocycles. The van der Waals surface area contributed by atoms with Crippen LogP contribution in [0.15, 0.2) is 59.4 Å². The van der Waals surface area contributed by atoms with E-state index in [1.54, 1.807) is 12.1 Å². The van der Waals surface area contributed by atoms with Gasteiger partial charge in [0.05, 0.1) is 27.4 Å². The average Bonchev–Trinajstić information content (AvgIpc) is 2.69. The van der Waals surface area contributed by atoms with Crippen LogP contribution >= 0.6 is 0 Å². The summed E-state index contributed by atoms with van der Waals surface area (Å²) in [6.07, 6.45) is 3.81. The number of aromatic nitrogens is 1. The first-order valence-corrected chi connectivity index (χ1v) is 9.37. The maximum Gasteiger partial charge on any atom is 0.201 e. The summed E-state index contributed by atoms with van der Waals surface area (Å²) in [6, 6.07) is 14.1. The van der Waals surface area contributed by atoms with Crippen molar-refractivity contribution in [1.29, 1.82) is 0 Å². The number of phenols is 2. The number of fused-ring (bicyclic) bond motifs is 4. The van der Waals surface area contributed by atoms with Crippen molar-refractivity contribution in [1.82, 2.24) is 4.98 Å². The second-order valence-corrected chi connectivity index (χ2v) is 7.78. The summed E-state index contributed by atoms with van der Waals surface area (Å²) in [5.41, 5.74) is 1.75. The monoisotopic (exact) mass is 385 g/mol. The first kappa shape index (κ1) is 17.4. The molecule has 4 aromatic rings. The van der Waals surface area contributed by atoms with Gasteiger partial charge < -0.3 is 19.9 Å². The average molecular weight is 385 g/mol. The predicted octanol–water partition coefficient (Wildman–Crippen LogP) is 4.94. The molecule has 5 heteroatoms. The molecule has 5 nitrogen and oxygen atoms in total. The molecule has 0 fully saturated rings. The van der Waals surface area contributed by atoms with Gasteiger partial charge >= 0.3 is 0 Å². The number of hydrogen-bond acceptors (Lipinski definition) is 4. The fourth-order valence-corrected chi connectivity index (χ4v) is 3.92. The van der Waals surface area contributed by atoms with Crippen LogP contribution in [0.3, 0.4) is 0 Å². The van der Waals surface area contributed by atoms with E-state index in [0.29, 0.717) is 33.3 Å². The minimum Gasteiger partial charge on any atom is -0.506 e. The molecule has 1 aromatic heterocycles. The molecular formula is C24H19NO4. The van der Waals surface area contributed by atoms with Gasteiger partial charge in [-0.15, -0.1) is 0 Å². The lowest BCUT2D eigenvalue weighted by molar-refractivity contribution is 0.160. The van der Waals surface area contributed by atoms with Crippen molar-refractivity contribution in [2.75, 3.05) is 0 Å². The molecule has 0 unspecified atom stereocenters. The Kier molecular flexibility index (Phi) is 3.52. The molecule has 5 rings (SSSR count). The Morgan fingerprint density at radius 2 is 1.72 bits per heavy atom. The molecule has 3 aromatic carbocycles. The van der Waals surface area contributed by atoms with Crippen molar-refractivity contribution in [3.05, 3.63) is 70.4 Å². The highest BCUT2D eigenvalue weighted by atomic mass is 16.5. The Morgan fingerprint density at radius 1 is 0.966 bits per heavy atom. The molecule has 1 aliphatic heterocycles. The van der Waals surface area contributed by atoms with Gasteiger partial charge in [-0.3, -0.25) is 4.79 Å². The van der Waals surface area contributed by atoms with Crippen LogP contribution in [-0.2, 0) is 0 Å². The van der Waals surface area contributed by atoms with E-state index in [2.05, 4.69) is 4.98 Å². The van der Waals surface area contributed by atoms with E-state index >= 15 is 0 Å². The molecule has 0 radical (unpaired) electrons. The van der Waals surface area contributed by atoms with Crippen LogP contribution in [0.4, 0.5) is 0 Å². The summed E-state index contributed by atoms with van der Waals surface area (Å²) >= 11 is 0. The number of aromatic hydroxyl groups is 2. The van der Waals surface area contributed by atoms with Gasteiger partial charge in [0.2, 0.25) is 5.43 Å². The molecule has 0 saturated heterocycles. The van der Waals surface area contributed by atoms with Crippen LogP contribution in [0.25, 0.3) is 39.0 Å². The number of rotatable bonds is 1. The van der Waals surface area contributed by atoms with Crippen molar-refractivity contribution in [3.63, 3.8) is 0 Å². The minimum absolute atomic E-state index is 0.0251. The van der Waals surface area contributed by atoms with Crippen molar-refractivity contribution in [2.45, 2.75) is 19.4 Å². The smallest absolute Gasteiger partial charge is 0.201 e. The highest BCUT2D eigenvalue weighted by molar-refractivity contribution is 6.07. The molecule has 0 spiro atoms. The Labute approximate surface area is 166 Å². The van der Waals surface area contributed by atoms with Crippen molar-refractivity contribution in [2.24, 2.45) is 0 Å². The SMILES string of the molecule is CC1(C)C=Cc2c(c(-c3ccccc3)c(O)c3c(=O)c4cccc(O)c4[nH]c23)O1. The van der Waals surface area contributed by atoms with Crippen LogP contribution < -0.4 is 10.2 Å². The maximum absolute atomic E-state index is 13.3. The summed E-state index contributed by atoms with van der Waals surface area (Å²) < 4.78 is 6.24. The number of para-hydroxylation sites is 1. The molecule has 144 valence electrons. The van der Waals surface area contributed by atoms with E-state index in [1.807, 2.05) is 56.3 Å². The second-order valence-electron chi connectivity index (χ2n) is 7.78. The first-order chi connectivity index (χ1) is 13.9. The van der Waals surface area contributed by atoms with Crippen molar-refractivity contribution >= 4 is 27.9 Å². The standard InChI is InChI=1S/C24H19NO4/c1-24(2)12-11-15-20-18(21(27)14-9-6-10-16(26)19(14)25-20)22(28)17(23(15)29-24)13-7-4-3-5-8-13/h3-12,26,28H,1-2H3,(H,25,27). The van der Waals surface area contributed by atoms with Crippen LogP contribution in [0.5, 0.6) is 17.2 Å². The van der Waals surface area contributed by atoms with E-state index in [1.165, 1.54) is 6.07 Å². The molecule has 1 aliphatic rings. The fraction of sp³-hybridized carbons (Fsp3) is 0.125. The van der Waals surface area contributed by atoms with Crippen molar-refractivity contribution < 1.29 is 14.9 Å². The summed E-state index contributed by atoms with van der Waals surface area (Å²) in [5, 5.41) is 22.0. The largest absolute Gasteiger partial charge is 0.506 e. The lowest BCUT2D eigenvalue weighted by Crippen LogP contribution is -2.28. The summed E-state index contributed by atoms with van der Waals surface area (Å²) in [4.78, 5) is 16.5. The summed E-state index contributed by atoms with van der Waals surface area (Å²) in [6.45, 7) is 3.86. The normalized spacial score (nSPS) is 14.7. The lowest BCUT2D eigenvalue weighted by Gasteiger charge is -2.30. The first-order valence-electron chi connectivity index (χ1n) is 9.37. The third-order valence-corrected chi connectivity index (χ3v) is 5.31. The van der Waals surface area contributed by atoms with Crippen LogP contribution in [0.1, 0.15) is 19.4 Å². The number of benzene rings is 3. The number of H-pyrrole nitrogens is 1. The van der Waals surface area contributed by atoms with Gasteiger partial charge in [-0.1, -0.05) is 36.4 Å². The number of hydrogen-bond donors (Lipinski definition) is 3. The molecular weight excluding hydrogens is 366 g/mol. The van der Waals surface area contributed by atoms with E-state index in [-0.39, 0.29) is 22.3 Å². The topological polar surface area (TPSA) is 82.5 Å². The molecule has 0 aliphatic carbocycles. The van der Waals surface area contributed by atoms with Crippen LogP contribution in [-0.4, -0.2) is 20.8 Å². The van der Waals surface area contributed by atoms with Gasteiger partial charge in [0, 0.05) is 5.56 Å². The Hall–Kier alpha value is -3.73. The van der Waals surface area contributed by atoms with Gasteiger partial charge in [0.15, 0.2) is 0 Å². The highest BCUT2D eigenvalue weighted by Gasteiger charge is 2.30. The van der Waals surface area contributed by atoms with Crippen LogP contribution in [0.2, 0.25) is 0 Å². The third-order valence-electron chi connectivity index (χ3n) is 5.31. The predicted molar refractivity (Wildman–Crippen MR) is 115 cm³/mol. The minimum atomic E-state index is -0.573. The van der Waals surface area contributed by atoms with E-state index in [4.69, 9.17) is 4.74 Å². The van der Waals surface area contributed by atoms with E-state index < -0.39 is 5.60 Å². The number of ether oxygens (including phenoxy) is 1. The third kappa shape index (κ3) is 2.51. The highest BCUT2D eigenvalue weighted by Crippen LogP contribution is 2.48. The number of aromatic amines is 1. The molecule has 3 N–H and O–H groups in total. The Balaban J connectivity index is 2.03. The fourth-order valence-electron chi connectivity index (χ4n) is 3.92. The molecule has 0 atom stereocenters. The molecule has 0 bridgehead atoms. The summed E-state index contributed by atoms with van der Waals surface area (Å²) in [7, 11) is 0. The van der Waals surface area contributed by atoms with Crippen molar-refractivity contribution in [3.8, 4) is 28.4 Å². The van der Waals surface area contributed by atoms with Gasteiger partial charge in [-0.25, -0.2) is 0 Å². The zero-order chi connectivity index (χ0) is 20.3. The Morgan fingerprint density at radius 3 is 2.48 bits per heavy atom. The molecule has 0 amide bonds. The second kappa shape index (κ2) is 5.88. The summed E-state index contributed by atoms with van der Waals surface area (Å²) in [5.74, 6) is 0.338. The molecule has 29 heavy (non-hydrogen) atoms. The number of phenolic OH excluding ortho intramolecular Hbond substituents is 2. The zero-order valence-corrected chi connectivity index (χ0v) is 16.0. The zero-order valence-electron chi connectivity index (χ0n) is 16.0. The number of pyridine rings is 1. The van der Waals surface area contributed by atoms with Gasteiger partial charge in [-0.2, -0.15) is 0 Å². The van der Waals surface area contributed by atoms with E-state index in [9.17, 15) is 15.0 Å². The van der Waals surface area contributed by atoms with Gasteiger partial charge in [0.1, 0.15) is 22.8 Å².